The Morgan fingerprint density at radius 1 is 1.02 bits per heavy atom. The molecule has 3 aliphatic rings. The predicted molar refractivity (Wildman–Crippen MR) is 180 cm³/mol. The molecule has 3 fully saturated rings. The molecule has 0 aromatic heterocycles. The van der Waals surface area contributed by atoms with E-state index in [9.17, 15) is 9.59 Å². The molecule has 0 radical (unpaired) electrons. The zero-order valence-electron chi connectivity index (χ0n) is 28.2. The first kappa shape index (κ1) is 34.8. The van der Waals surface area contributed by atoms with E-state index in [1.807, 2.05) is 0 Å². The highest BCUT2D eigenvalue weighted by Crippen LogP contribution is 2.56. The second-order valence-corrected chi connectivity index (χ2v) is 26.9. The Balaban J connectivity index is 1.93. The first-order valence-corrected chi connectivity index (χ1v) is 22.5. The normalized spacial score (nSPS) is 32.1. The molecule has 0 bridgehead atoms. The van der Waals surface area contributed by atoms with Crippen molar-refractivity contribution in [3.05, 3.63) is 35.5 Å². The molecule has 0 saturated heterocycles. The Labute approximate surface area is 257 Å². The average molecular weight is 619 g/mol. The van der Waals surface area contributed by atoms with Crippen LogP contribution in [0.15, 0.2) is 35.5 Å². The van der Waals surface area contributed by atoms with Gasteiger partial charge in [-0.15, -0.1) is 0 Å². The number of thioether (sulfide) groups is 1. The van der Waals surface area contributed by atoms with Gasteiger partial charge in [0, 0.05) is 31.4 Å². The van der Waals surface area contributed by atoms with Crippen molar-refractivity contribution in [3.8, 4) is 0 Å². The fraction of sp³-hybridized carbons (Fsp3) is 0.765. The molecule has 232 valence electrons. The largest absolute Gasteiger partial charge is 0.413 e. The molecule has 0 amide bonds. The van der Waals surface area contributed by atoms with E-state index < -0.39 is 16.6 Å². The molecule has 3 rings (SSSR count). The lowest BCUT2D eigenvalue weighted by Crippen LogP contribution is -2.49. The SMILES string of the molecule is C=C1C(=CC=C2CCC[C@]3(C)[C@@H](CSC(C)=O)C(=O)C[C@@H]23)C[C@@H](O[Si](C)(C)C(C)(C)C)C[C@@H]1O[Si](C)(C)C(C)(C)C. The lowest BCUT2D eigenvalue weighted by molar-refractivity contribution is -0.121. The Bertz CT molecular complexity index is 1090. The third kappa shape index (κ3) is 7.68. The molecule has 0 N–H and O–H groups in total. The second-order valence-electron chi connectivity index (χ2n) is 16.2. The zero-order valence-corrected chi connectivity index (χ0v) is 31.0. The number of fused-ring (bicyclic) bond motifs is 1. The van der Waals surface area contributed by atoms with Gasteiger partial charge in [-0.3, -0.25) is 9.59 Å². The highest BCUT2D eigenvalue weighted by molar-refractivity contribution is 8.13. The van der Waals surface area contributed by atoms with Crippen LogP contribution in [0.2, 0.25) is 36.3 Å². The monoisotopic (exact) mass is 618 g/mol. The van der Waals surface area contributed by atoms with Crippen LogP contribution in [0.4, 0.5) is 0 Å². The van der Waals surface area contributed by atoms with E-state index in [0.717, 1.165) is 37.7 Å². The molecule has 3 aliphatic carbocycles. The summed E-state index contributed by atoms with van der Waals surface area (Å²) in [6.07, 6.45) is 10.2. The van der Waals surface area contributed by atoms with Crippen molar-refractivity contribution in [1.82, 2.24) is 0 Å². The van der Waals surface area contributed by atoms with Gasteiger partial charge in [-0.1, -0.05) is 84.5 Å². The fourth-order valence-electron chi connectivity index (χ4n) is 6.39. The maximum atomic E-state index is 13.2. The number of carbonyl (C=O) groups excluding carboxylic acids is 2. The Morgan fingerprint density at radius 3 is 2.17 bits per heavy atom. The predicted octanol–water partition coefficient (Wildman–Crippen LogP) is 9.65. The third-order valence-electron chi connectivity index (χ3n) is 11.2. The minimum Gasteiger partial charge on any atom is -0.413 e. The van der Waals surface area contributed by atoms with Crippen LogP contribution in [0.1, 0.15) is 93.9 Å². The van der Waals surface area contributed by atoms with E-state index in [4.69, 9.17) is 8.85 Å². The second kappa shape index (κ2) is 12.3. The first-order valence-electron chi connectivity index (χ1n) is 15.7. The van der Waals surface area contributed by atoms with E-state index in [-0.39, 0.29) is 44.7 Å². The van der Waals surface area contributed by atoms with E-state index in [1.54, 1.807) is 6.92 Å². The van der Waals surface area contributed by atoms with E-state index in [0.29, 0.717) is 18.0 Å². The van der Waals surface area contributed by atoms with Crippen molar-refractivity contribution in [2.24, 2.45) is 17.3 Å². The van der Waals surface area contributed by atoms with Crippen LogP contribution in [-0.4, -0.2) is 45.5 Å². The van der Waals surface area contributed by atoms with Gasteiger partial charge >= 0.3 is 0 Å². The molecule has 0 aliphatic heterocycles. The highest BCUT2D eigenvalue weighted by atomic mass is 32.2. The van der Waals surface area contributed by atoms with Crippen LogP contribution in [0.25, 0.3) is 0 Å². The molecule has 0 heterocycles. The third-order valence-corrected chi connectivity index (χ3v) is 21.1. The van der Waals surface area contributed by atoms with Crippen molar-refractivity contribution in [2.75, 3.05) is 5.75 Å². The summed E-state index contributed by atoms with van der Waals surface area (Å²) in [7, 11) is -3.98. The number of Topliss-reactive ketones (excluding diaryl/α,β-unsaturated/α-hetero) is 1. The molecule has 4 nitrogen and oxygen atoms in total. The van der Waals surface area contributed by atoms with Gasteiger partial charge in [0.05, 0.1) is 12.2 Å². The summed E-state index contributed by atoms with van der Waals surface area (Å²) in [4.78, 5) is 24.9. The van der Waals surface area contributed by atoms with Crippen molar-refractivity contribution < 1.29 is 18.4 Å². The molecule has 0 aromatic carbocycles. The Kier molecular flexibility index (Phi) is 10.5. The van der Waals surface area contributed by atoms with Gasteiger partial charge in [0.1, 0.15) is 5.78 Å². The molecule has 41 heavy (non-hydrogen) atoms. The van der Waals surface area contributed by atoms with Gasteiger partial charge in [0.2, 0.25) is 0 Å². The lowest BCUT2D eigenvalue weighted by Gasteiger charge is -2.45. The van der Waals surface area contributed by atoms with Crippen LogP contribution in [0, 0.1) is 17.3 Å². The maximum absolute atomic E-state index is 13.2. The highest BCUT2D eigenvalue weighted by Gasteiger charge is 2.53. The standard InChI is InChI=1S/C34H58O4SSi2/c1-23-26(17-16-25-15-14-18-34(9)28(25)21-30(36)29(34)22-39-24(2)35)19-27(37-40(10,11)32(3,4)5)20-31(23)38-41(12,13)33(6,7)8/h16-17,27-29,31H,1,14-15,18-22H2,2-13H3/t27-,28+,29+,31+,34+/m1/s1. The van der Waals surface area contributed by atoms with Gasteiger partial charge in [-0.2, -0.15) is 0 Å². The van der Waals surface area contributed by atoms with Gasteiger partial charge in [-0.25, -0.2) is 0 Å². The van der Waals surface area contributed by atoms with Crippen LogP contribution in [0.3, 0.4) is 0 Å². The van der Waals surface area contributed by atoms with Crippen molar-refractivity contribution in [1.29, 1.82) is 0 Å². The summed E-state index contributed by atoms with van der Waals surface area (Å²) in [5.74, 6) is 1.17. The van der Waals surface area contributed by atoms with Crippen molar-refractivity contribution in [2.45, 2.75) is 142 Å². The zero-order chi connectivity index (χ0) is 31.2. The summed E-state index contributed by atoms with van der Waals surface area (Å²) in [6, 6.07) is 0. The number of hydrogen-bond acceptors (Lipinski definition) is 5. The maximum Gasteiger partial charge on any atom is 0.192 e. The molecule has 0 spiro atoms. The number of carbonyl (C=O) groups is 2. The number of ketones is 1. The quantitative estimate of drug-likeness (QED) is 0.266. The number of hydrogen-bond donors (Lipinski definition) is 0. The van der Waals surface area contributed by atoms with E-state index >= 15 is 0 Å². The molecular weight excluding hydrogens is 561 g/mol. The van der Waals surface area contributed by atoms with Crippen molar-refractivity contribution >= 4 is 39.3 Å². The molecule has 7 heteroatoms. The molecule has 0 unspecified atom stereocenters. The summed E-state index contributed by atoms with van der Waals surface area (Å²) in [6.45, 7) is 31.6. The number of allylic oxidation sites excluding steroid dienone is 3. The summed E-state index contributed by atoms with van der Waals surface area (Å²) < 4.78 is 14.0. The van der Waals surface area contributed by atoms with Crippen molar-refractivity contribution in [3.63, 3.8) is 0 Å². The topological polar surface area (TPSA) is 52.6 Å². The smallest absolute Gasteiger partial charge is 0.192 e. The van der Waals surface area contributed by atoms with E-state index in [1.165, 1.54) is 22.9 Å². The van der Waals surface area contributed by atoms with Crippen LogP contribution < -0.4 is 0 Å². The van der Waals surface area contributed by atoms with Gasteiger partial charge in [0.15, 0.2) is 21.8 Å². The first-order chi connectivity index (χ1) is 18.6. The Morgan fingerprint density at radius 2 is 1.61 bits per heavy atom. The molecule has 5 atom stereocenters. The average Bonchev–Trinajstić information content (AvgIpc) is 3.06. The Hall–Kier alpha value is -0.736. The molecule has 0 aromatic rings. The van der Waals surface area contributed by atoms with Gasteiger partial charge in [0.25, 0.3) is 0 Å². The minimum atomic E-state index is -2.01. The molecular formula is C34H58O4SSi2. The van der Waals surface area contributed by atoms with Crippen LogP contribution in [-0.2, 0) is 18.4 Å². The summed E-state index contributed by atoms with van der Waals surface area (Å²) in [5, 5.41) is 0.355. The number of rotatable bonds is 7. The van der Waals surface area contributed by atoms with Gasteiger partial charge < -0.3 is 8.85 Å². The van der Waals surface area contributed by atoms with E-state index in [2.05, 4.69) is 93.4 Å². The fourth-order valence-corrected chi connectivity index (χ4v) is 10.0. The molecule has 3 saturated carbocycles. The lowest BCUT2D eigenvalue weighted by atomic mass is 9.64. The van der Waals surface area contributed by atoms with Crippen LogP contribution >= 0.6 is 11.8 Å². The minimum absolute atomic E-state index is 0.0351. The summed E-state index contributed by atoms with van der Waals surface area (Å²) >= 11 is 1.31. The van der Waals surface area contributed by atoms with Gasteiger partial charge in [-0.05, 0) is 84.4 Å². The summed E-state index contributed by atoms with van der Waals surface area (Å²) in [5.41, 5.74) is 3.65. The van der Waals surface area contributed by atoms with Crippen LogP contribution in [0.5, 0.6) is 0 Å².